The number of rotatable bonds is 4. The lowest BCUT2D eigenvalue weighted by molar-refractivity contribution is 0.343. The van der Waals surface area contributed by atoms with Gasteiger partial charge in [-0.05, 0) is 6.92 Å². The van der Waals surface area contributed by atoms with Crippen molar-refractivity contribution in [2.24, 2.45) is 5.10 Å². The van der Waals surface area contributed by atoms with E-state index in [1.54, 1.807) is 10.7 Å². The van der Waals surface area contributed by atoms with E-state index in [-0.39, 0.29) is 0 Å². The summed E-state index contributed by atoms with van der Waals surface area (Å²) in [4.78, 5) is 0. The number of hydrogen-bond acceptors (Lipinski definition) is 6. The van der Waals surface area contributed by atoms with Crippen LogP contribution < -0.4 is 5.43 Å². The van der Waals surface area contributed by atoms with Crippen LogP contribution in [0.5, 0.6) is 0 Å². The van der Waals surface area contributed by atoms with E-state index in [2.05, 4.69) is 25.8 Å². The number of benzene rings is 1. The van der Waals surface area contributed by atoms with E-state index in [0.29, 0.717) is 18.2 Å². The molecule has 0 amide bonds. The average Bonchev–Trinajstić information content (AvgIpc) is 2.87. The van der Waals surface area contributed by atoms with Crippen LogP contribution in [0.4, 0.5) is 5.95 Å². The number of anilines is 1. The van der Waals surface area contributed by atoms with Crippen LogP contribution in [-0.2, 0) is 4.74 Å². The van der Waals surface area contributed by atoms with E-state index in [9.17, 15) is 0 Å². The van der Waals surface area contributed by atoms with Crippen molar-refractivity contribution < 1.29 is 4.74 Å². The Balaban J connectivity index is 2.01. The van der Waals surface area contributed by atoms with Crippen LogP contribution in [0.1, 0.15) is 6.92 Å². The summed E-state index contributed by atoms with van der Waals surface area (Å²) in [7, 11) is 0. The first-order valence-electron chi connectivity index (χ1n) is 5.88. The topological polar surface area (TPSA) is 76.7 Å². The van der Waals surface area contributed by atoms with Crippen LogP contribution in [0.3, 0.4) is 0 Å². The predicted octanol–water partition coefficient (Wildman–Crippen LogP) is 1.67. The number of hydrazone groups is 1. The van der Waals surface area contributed by atoms with E-state index in [1.807, 2.05) is 31.2 Å². The van der Waals surface area contributed by atoms with E-state index in [1.165, 1.54) is 6.40 Å². The third-order valence-corrected chi connectivity index (χ3v) is 2.61. The highest BCUT2D eigenvalue weighted by atomic mass is 16.5. The summed E-state index contributed by atoms with van der Waals surface area (Å²) in [6, 6.07) is 7.88. The Labute approximate surface area is 108 Å². The molecule has 0 bridgehead atoms. The minimum Gasteiger partial charge on any atom is -0.482 e. The number of ether oxygens (including phenoxy) is 1. The Morgan fingerprint density at radius 2 is 2.26 bits per heavy atom. The van der Waals surface area contributed by atoms with Gasteiger partial charge in [0.15, 0.2) is 12.0 Å². The number of hydrogen-bond donors (Lipinski definition) is 1. The van der Waals surface area contributed by atoms with Crippen molar-refractivity contribution in [3.05, 3.63) is 30.5 Å². The van der Waals surface area contributed by atoms with Crippen LogP contribution in [0.25, 0.3) is 16.4 Å². The van der Waals surface area contributed by atoms with Gasteiger partial charge in [0, 0.05) is 10.8 Å². The summed E-state index contributed by atoms with van der Waals surface area (Å²) in [6.07, 6.45) is 3.09. The monoisotopic (exact) mass is 256 g/mol. The third kappa shape index (κ3) is 2.05. The lowest BCUT2D eigenvalue weighted by atomic mass is 10.2. The molecule has 0 radical (unpaired) electrons. The first-order valence-corrected chi connectivity index (χ1v) is 5.88. The first-order chi connectivity index (χ1) is 9.40. The van der Waals surface area contributed by atoms with Gasteiger partial charge in [0.2, 0.25) is 0 Å². The van der Waals surface area contributed by atoms with Crippen LogP contribution in [0, 0.1) is 0 Å². The highest BCUT2D eigenvalue weighted by Crippen LogP contribution is 2.18. The highest BCUT2D eigenvalue weighted by molar-refractivity contribution is 5.93. The maximum absolute atomic E-state index is 4.98. The quantitative estimate of drug-likeness (QED) is 0.436. The molecule has 2 heterocycles. The van der Waals surface area contributed by atoms with Crippen LogP contribution in [0.2, 0.25) is 0 Å². The van der Waals surface area contributed by atoms with Gasteiger partial charge in [-0.1, -0.05) is 24.3 Å². The average molecular weight is 256 g/mol. The molecule has 96 valence electrons. The number of fused-ring (bicyclic) bond motifs is 3. The van der Waals surface area contributed by atoms with Gasteiger partial charge in [0.1, 0.15) is 0 Å². The fraction of sp³-hybridized carbons (Fsp3) is 0.167. The summed E-state index contributed by atoms with van der Waals surface area (Å²) < 4.78 is 6.58. The standard InChI is InChI=1S/C12H12N6O/c1-2-19-8-13-16-12-17-15-11-10-6-4-3-5-9(10)7-14-18(11)12/h3-8H,2H2,1H3,(H,16,17). The zero-order valence-corrected chi connectivity index (χ0v) is 10.3. The van der Waals surface area contributed by atoms with Gasteiger partial charge >= 0.3 is 0 Å². The van der Waals surface area contributed by atoms with Crippen molar-refractivity contribution in [1.29, 1.82) is 0 Å². The van der Waals surface area contributed by atoms with Gasteiger partial charge < -0.3 is 4.74 Å². The molecule has 0 aliphatic carbocycles. The van der Waals surface area contributed by atoms with Crippen molar-refractivity contribution >= 4 is 28.8 Å². The van der Waals surface area contributed by atoms with Crippen LogP contribution >= 0.6 is 0 Å². The molecule has 0 fully saturated rings. The maximum Gasteiger partial charge on any atom is 0.266 e. The van der Waals surface area contributed by atoms with Gasteiger partial charge in [0.05, 0.1) is 12.8 Å². The van der Waals surface area contributed by atoms with E-state index in [4.69, 9.17) is 4.74 Å². The Bertz CT molecular complexity index is 735. The van der Waals surface area contributed by atoms with E-state index < -0.39 is 0 Å². The van der Waals surface area contributed by atoms with E-state index in [0.717, 1.165) is 10.8 Å². The number of nitrogens with one attached hydrogen (secondary N) is 1. The summed E-state index contributed by atoms with van der Waals surface area (Å²) in [5.74, 6) is 0.441. The van der Waals surface area contributed by atoms with Gasteiger partial charge in [0.25, 0.3) is 5.95 Å². The Hall–Kier alpha value is -2.70. The molecule has 1 N–H and O–H groups in total. The lowest BCUT2D eigenvalue weighted by Gasteiger charge is -2.00. The molecule has 3 aromatic rings. The van der Waals surface area contributed by atoms with Crippen molar-refractivity contribution in [3.8, 4) is 0 Å². The zero-order valence-electron chi connectivity index (χ0n) is 10.3. The molecule has 7 nitrogen and oxygen atoms in total. The van der Waals surface area contributed by atoms with Crippen LogP contribution in [0.15, 0.2) is 35.6 Å². The zero-order chi connectivity index (χ0) is 13.1. The summed E-state index contributed by atoms with van der Waals surface area (Å²) in [6.45, 7) is 2.45. The molecule has 0 aliphatic rings. The Morgan fingerprint density at radius 1 is 1.37 bits per heavy atom. The molecule has 2 aromatic heterocycles. The van der Waals surface area contributed by atoms with Crippen molar-refractivity contribution in [2.75, 3.05) is 12.0 Å². The molecule has 3 rings (SSSR count). The molecule has 19 heavy (non-hydrogen) atoms. The van der Waals surface area contributed by atoms with Crippen molar-refractivity contribution in [1.82, 2.24) is 19.8 Å². The smallest absolute Gasteiger partial charge is 0.266 e. The molecule has 7 heteroatoms. The number of aromatic nitrogens is 4. The number of nitrogens with zero attached hydrogens (tertiary/aromatic N) is 5. The minimum absolute atomic E-state index is 0.441. The van der Waals surface area contributed by atoms with Gasteiger partial charge in [-0.15, -0.1) is 15.3 Å². The minimum atomic E-state index is 0.441. The van der Waals surface area contributed by atoms with Crippen molar-refractivity contribution in [2.45, 2.75) is 6.92 Å². The molecular weight excluding hydrogens is 244 g/mol. The molecule has 0 unspecified atom stereocenters. The molecule has 0 spiro atoms. The summed E-state index contributed by atoms with van der Waals surface area (Å²) in [5.41, 5.74) is 3.43. The van der Waals surface area contributed by atoms with Gasteiger partial charge in [-0.3, -0.25) is 0 Å². The molecule has 0 saturated carbocycles. The first kappa shape index (κ1) is 11.4. The van der Waals surface area contributed by atoms with Gasteiger partial charge in [-0.2, -0.15) is 9.61 Å². The van der Waals surface area contributed by atoms with Crippen molar-refractivity contribution in [3.63, 3.8) is 0 Å². The second-order valence-electron chi connectivity index (χ2n) is 3.79. The second-order valence-corrected chi connectivity index (χ2v) is 3.79. The van der Waals surface area contributed by atoms with E-state index >= 15 is 0 Å². The summed E-state index contributed by atoms with van der Waals surface area (Å²) >= 11 is 0. The highest BCUT2D eigenvalue weighted by Gasteiger charge is 2.08. The fourth-order valence-corrected chi connectivity index (χ4v) is 1.76. The predicted molar refractivity (Wildman–Crippen MR) is 72.0 cm³/mol. The summed E-state index contributed by atoms with van der Waals surface area (Å²) in [5, 5.41) is 18.3. The largest absolute Gasteiger partial charge is 0.482 e. The molecule has 1 aromatic carbocycles. The van der Waals surface area contributed by atoms with Gasteiger partial charge in [-0.25, -0.2) is 5.43 Å². The third-order valence-electron chi connectivity index (χ3n) is 2.61. The molecular formula is C12H12N6O. The Morgan fingerprint density at radius 3 is 3.16 bits per heavy atom. The molecule has 0 saturated heterocycles. The van der Waals surface area contributed by atoms with Crippen LogP contribution in [-0.4, -0.2) is 32.8 Å². The fourth-order valence-electron chi connectivity index (χ4n) is 1.76. The SMILES string of the molecule is CCOC=NNc1nnc2c3ccccc3cnn12. The normalized spacial score (nSPS) is 11.4. The Kier molecular flexibility index (Phi) is 2.93. The second kappa shape index (κ2) is 4.89. The molecule has 0 aliphatic heterocycles. The maximum atomic E-state index is 4.98. The molecule has 0 atom stereocenters. The lowest BCUT2D eigenvalue weighted by Crippen LogP contribution is -2.00.